The molecular formula is C15H11BrO4. The second-order valence-electron chi connectivity index (χ2n) is 4.42. The van der Waals surface area contributed by atoms with Crippen molar-refractivity contribution in [1.82, 2.24) is 0 Å². The Morgan fingerprint density at radius 1 is 1.10 bits per heavy atom. The van der Waals surface area contributed by atoms with Crippen LogP contribution in [-0.2, 0) is 11.2 Å². The highest BCUT2D eigenvalue weighted by molar-refractivity contribution is 9.10. The van der Waals surface area contributed by atoms with Crippen molar-refractivity contribution in [1.29, 1.82) is 0 Å². The van der Waals surface area contributed by atoms with Crippen LogP contribution in [0.3, 0.4) is 0 Å². The van der Waals surface area contributed by atoms with E-state index >= 15 is 0 Å². The van der Waals surface area contributed by atoms with Gasteiger partial charge in [-0.25, -0.2) is 4.79 Å². The standard InChI is InChI=1S/C15H11BrO4/c16-11-6-3-5-10-8-9-4-1-2-7-12(9)19-15(14(17)18)20-13(10)11/h1-7,15H,8H2,(H,17,18). The summed E-state index contributed by atoms with van der Waals surface area (Å²) in [6.45, 7) is 0. The lowest BCUT2D eigenvalue weighted by Crippen LogP contribution is -2.34. The van der Waals surface area contributed by atoms with Crippen molar-refractivity contribution in [3.05, 3.63) is 58.1 Å². The van der Waals surface area contributed by atoms with E-state index in [0.717, 1.165) is 11.1 Å². The third-order valence-corrected chi connectivity index (χ3v) is 3.69. The number of halogens is 1. The fourth-order valence-corrected chi connectivity index (χ4v) is 2.64. The molecule has 0 amide bonds. The molecule has 0 saturated carbocycles. The topological polar surface area (TPSA) is 55.8 Å². The first kappa shape index (κ1) is 13.0. The Morgan fingerprint density at radius 2 is 1.85 bits per heavy atom. The van der Waals surface area contributed by atoms with Gasteiger partial charge in [-0.3, -0.25) is 0 Å². The lowest BCUT2D eigenvalue weighted by molar-refractivity contribution is -0.158. The van der Waals surface area contributed by atoms with Gasteiger partial charge in [0.2, 0.25) is 0 Å². The maximum absolute atomic E-state index is 11.3. The second-order valence-corrected chi connectivity index (χ2v) is 5.27. The molecule has 4 nitrogen and oxygen atoms in total. The van der Waals surface area contributed by atoms with Crippen LogP contribution >= 0.6 is 15.9 Å². The molecule has 0 spiro atoms. The number of carboxylic acids is 1. The number of hydrogen-bond donors (Lipinski definition) is 1. The Balaban J connectivity index is 2.14. The minimum absolute atomic E-state index is 0.509. The Kier molecular flexibility index (Phi) is 3.36. The number of fused-ring (bicyclic) bond motifs is 2. The molecule has 102 valence electrons. The third-order valence-electron chi connectivity index (χ3n) is 3.06. The molecule has 0 saturated heterocycles. The van der Waals surface area contributed by atoms with Crippen LogP contribution in [-0.4, -0.2) is 17.4 Å². The van der Waals surface area contributed by atoms with Crippen LogP contribution in [0.1, 0.15) is 11.1 Å². The van der Waals surface area contributed by atoms with Crippen LogP contribution < -0.4 is 9.47 Å². The van der Waals surface area contributed by atoms with Gasteiger partial charge in [-0.15, -0.1) is 0 Å². The highest BCUT2D eigenvalue weighted by atomic mass is 79.9. The Hall–Kier alpha value is -2.01. The summed E-state index contributed by atoms with van der Waals surface area (Å²) in [5.74, 6) is -0.122. The second kappa shape index (κ2) is 5.17. The van der Waals surface area contributed by atoms with E-state index in [1.54, 1.807) is 12.1 Å². The summed E-state index contributed by atoms with van der Waals surface area (Å²) in [6.07, 6.45) is -0.744. The van der Waals surface area contributed by atoms with E-state index in [9.17, 15) is 9.90 Å². The van der Waals surface area contributed by atoms with E-state index in [-0.39, 0.29) is 0 Å². The molecule has 1 heterocycles. The number of para-hydroxylation sites is 2. The summed E-state index contributed by atoms with van der Waals surface area (Å²) >= 11 is 3.39. The number of carbonyl (C=O) groups is 1. The Labute approximate surface area is 124 Å². The van der Waals surface area contributed by atoms with Crippen LogP contribution in [0.15, 0.2) is 46.9 Å². The van der Waals surface area contributed by atoms with Crippen molar-refractivity contribution in [2.24, 2.45) is 0 Å². The lowest BCUT2D eigenvalue weighted by atomic mass is 10.0. The fourth-order valence-electron chi connectivity index (χ4n) is 2.14. The van der Waals surface area contributed by atoms with E-state index in [4.69, 9.17) is 9.47 Å². The number of hydrogen-bond acceptors (Lipinski definition) is 3. The van der Waals surface area contributed by atoms with Crippen molar-refractivity contribution in [2.45, 2.75) is 12.7 Å². The van der Waals surface area contributed by atoms with Crippen LogP contribution in [0.5, 0.6) is 11.5 Å². The zero-order valence-corrected chi connectivity index (χ0v) is 12.0. The van der Waals surface area contributed by atoms with Crippen LogP contribution in [0.4, 0.5) is 0 Å². The van der Waals surface area contributed by atoms with E-state index in [2.05, 4.69) is 15.9 Å². The molecule has 1 N–H and O–H groups in total. The summed E-state index contributed by atoms with van der Waals surface area (Å²) in [5.41, 5.74) is 1.85. The molecule has 1 aliphatic heterocycles. The summed E-state index contributed by atoms with van der Waals surface area (Å²) in [4.78, 5) is 11.3. The molecular weight excluding hydrogens is 324 g/mol. The highest BCUT2D eigenvalue weighted by Gasteiger charge is 2.27. The number of carboxylic acid groups (broad SMARTS) is 1. The SMILES string of the molecule is O=C(O)C1Oc2ccccc2Cc2cccc(Br)c2O1. The zero-order chi connectivity index (χ0) is 14.1. The first-order valence-electron chi connectivity index (χ1n) is 6.06. The number of rotatable bonds is 1. The predicted octanol–water partition coefficient (Wildman–Crippen LogP) is 3.22. The van der Waals surface area contributed by atoms with Crippen molar-refractivity contribution in [2.75, 3.05) is 0 Å². The van der Waals surface area contributed by atoms with Crippen LogP contribution in [0.25, 0.3) is 0 Å². The molecule has 20 heavy (non-hydrogen) atoms. The summed E-state index contributed by atoms with van der Waals surface area (Å²) in [6, 6.07) is 13.0. The molecule has 2 aromatic rings. The van der Waals surface area contributed by atoms with E-state index in [1.807, 2.05) is 30.3 Å². The van der Waals surface area contributed by atoms with Crippen molar-refractivity contribution >= 4 is 21.9 Å². The number of ether oxygens (including phenoxy) is 2. The molecule has 2 aromatic carbocycles. The van der Waals surface area contributed by atoms with Gasteiger partial charge in [0.25, 0.3) is 0 Å². The minimum atomic E-state index is -1.37. The van der Waals surface area contributed by atoms with E-state index < -0.39 is 12.3 Å². The summed E-state index contributed by atoms with van der Waals surface area (Å²) in [5, 5.41) is 9.23. The van der Waals surface area contributed by atoms with Gasteiger partial charge in [0.1, 0.15) is 11.5 Å². The smallest absolute Gasteiger partial charge is 0.387 e. The highest BCUT2D eigenvalue weighted by Crippen LogP contribution is 2.35. The molecule has 0 radical (unpaired) electrons. The Morgan fingerprint density at radius 3 is 2.65 bits per heavy atom. The average Bonchev–Trinajstić information content (AvgIpc) is 2.40. The largest absolute Gasteiger partial charge is 0.476 e. The molecule has 3 rings (SSSR count). The van der Waals surface area contributed by atoms with Crippen LogP contribution in [0.2, 0.25) is 0 Å². The van der Waals surface area contributed by atoms with E-state index in [1.165, 1.54) is 0 Å². The maximum Gasteiger partial charge on any atom is 0.387 e. The fraction of sp³-hybridized carbons (Fsp3) is 0.133. The van der Waals surface area contributed by atoms with Gasteiger partial charge < -0.3 is 14.6 Å². The molecule has 1 aliphatic rings. The van der Waals surface area contributed by atoms with Gasteiger partial charge in [-0.05, 0) is 33.6 Å². The lowest BCUT2D eigenvalue weighted by Gasteiger charge is -2.24. The third kappa shape index (κ3) is 2.36. The van der Waals surface area contributed by atoms with Crippen molar-refractivity contribution in [3.63, 3.8) is 0 Å². The van der Waals surface area contributed by atoms with Gasteiger partial charge in [-0.1, -0.05) is 30.3 Å². The Bertz CT molecular complexity index is 669. The maximum atomic E-state index is 11.3. The zero-order valence-electron chi connectivity index (χ0n) is 10.4. The molecule has 0 fully saturated rings. The summed E-state index contributed by atoms with van der Waals surface area (Å²) in [7, 11) is 0. The minimum Gasteiger partial charge on any atom is -0.476 e. The van der Waals surface area contributed by atoms with Crippen LogP contribution in [0, 0.1) is 0 Å². The van der Waals surface area contributed by atoms with Gasteiger partial charge in [-0.2, -0.15) is 0 Å². The molecule has 1 unspecified atom stereocenters. The normalized spacial score (nSPS) is 16.8. The number of benzene rings is 2. The molecule has 0 bridgehead atoms. The van der Waals surface area contributed by atoms with Gasteiger partial charge >= 0.3 is 12.3 Å². The molecule has 0 aromatic heterocycles. The average molecular weight is 335 g/mol. The molecule has 5 heteroatoms. The monoisotopic (exact) mass is 334 g/mol. The number of aliphatic carboxylic acids is 1. The van der Waals surface area contributed by atoms with Gasteiger partial charge in [0, 0.05) is 12.0 Å². The molecule has 1 atom stereocenters. The summed E-state index contributed by atoms with van der Waals surface area (Å²) < 4.78 is 11.7. The first-order chi connectivity index (χ1) is 9.65. The van der Waals surface area contributed by atoms with Gasteiger partial charge in [0.05, 0.1) is 4.47 Å². The van der Waals surface area contributed by atoms with E-state index in [0.29, 0.717) is 22.4 Å². The quantitative estimate of drug-likeness (QED) is 0.869. The van der Waals surface area contributed by atoms with Crippen molar-refractivity contribution in [3.8, 4) is 11.5 Å². The van der Waals surface area contributed by atoms with Gasteiger partial charge in [0.15, 0.2) is 0 Å². The van der Waals surface area contributed by atoms with Crippen molar-refractivity contribution < 1.29 is 19.4 Å². The molecule has 0 aliphatic carbocycles. The predicted molar refractivity (Wildman–Crippen MR) is 76.1 cm³/mol. The first-order valence-corrected chi connectivity index (χ1v) is 6.86.